The summed E-state index contributed by atoms with van der Waals surface area (Å²) in [6, 6.07) is 15.3. The molecular weight excluding hydrogens is 362 g/mol. The van der Waals surface area contributed by atoms with Gasteiger partial charge < -0.3 is 10.4 Å². The van der Waals surface area contributed by atoms with Crippen LogP contribution in [-0.4, -0.2) is 17.7 Å². The van der Waals surface area contributed by atoms with Crippen molar-refractivity contribution in [2.75, 3.05) is 6.54 Å². The lowest BCUT2D eigenvalue weighted by atomic mass is 9.72. The summed E-state index contributed by atoms with van der Waals surface area (Å²) >= 11 is 3.51. The van der Waals surface area contributed by atoms with Gasteiger partial charge in [0.15, 0.2) is 0 Å². The number of piperidine rings is 1. The predicted molar refractivity (Wildman–Crippen MR) is 101 cm³/mol. The van der Waals surface area contributed by atoms with Gasteiger partial charge in [-0.1, -0.05) is 58.7 Å². The van der Waals surface area contributed by atoms with Crippen LogP contribution in [0.5, 0.6) is 0 Å². The zero-order valence-corrected chi connectivity index (χ0v) is 15.8. The van der Waals surface area contributed by atoms with E-state index in [1.54, 1.807) is 0 Å². The molecule has 0 aromatic heterocycles. The van der Waals surface area contributed by atoms with Crippen molar-refractivity contribution >= 4 is 15.9 Å². The molecule has 1 aliphatic heterocycles. The highest BCUT2D eigenvalue weighted by molar-refractivity contribution is 9.10. The van der Waals surface area contributed by atoms with E-state index < -0.39 is 5.60 Å². The number of aryl methyl sites for hydroxylation is 1. The lowest BCUT2D eigenvalue weighted by Crippen LogP contribution is -2.47. The minimum Gasteiger partial charge on any atom is -0.380 e. The molecule has 1 fully saturated rings. The molecule has 4 rings (SSSR count). The Labute approximate surface area is 152 Å². The molecule has 2 aliphatic rings. The largest absolute Gasteiger partial charge is 0.380 e. The maximum Gasteiger partial charge on any atom is 0.118 e. The maximum absolute atomic E-state index is 12.0. The molecule has 3 unspecified atom stereocenters. The molecule has 1 aliphatic carbocycles. The maximum atomic E-state index is 12.0. The van der Waals surface area contributed by atoms with E-state index >= 15 is 0 Å². The molecular formula is C21H24BrNO. The quantitative estimate of drug-likeness (QED) is 0.798. The average molecular weight is 386 g/mol. The van der Waals surface area contributed by atoms with Crippen LogP contribution in [0.3, 0.4) is 0 Å². The van der Waals surface area contributed by atoms with E-state index in [1.807, 2.05) is 12.1 Å². The van der Waals surface area contributed by atoms with Crippen molar-refractivity contribution in [3.8, 4) is 0 Å². The zero-order valence-electron chi connectivity index (χ0n) is 14.2. The summed E-state index contributed by atoms with van der Waals surface area (Å²) in [5.41, 5.74) is 3.78. The summed E-state index contributed by atoms with van der Waals surface area (Å²) in [7, 11) is 0. The summed E-state index contributed by atoms with van der Waals surface area (Å²) in [6.07, 6.45) is 2.09. The number of aliphatic hydroxyl groups is 1. The second-order valence-corrected chi connectivity index (χ2v) is 8.17. The van der Waals surface area contributed by atoms with Crippen molar-refractivity contribution in [3.05, 3.63) is 69.2 Å². The molecule has 0 spiro atoms. The van der Waals surface area contributed by atoms with E-state index in [0.717, 1.165) is 35.0 Å². The minimum absolute atomic E-state index is 0.238. The SMILES string of the molecule is CC[C@H]1NCCC2C1c1ccc(C)cc1C2(O)c1ccc(Br)cc1. The van der Waals surface area contributed by atoms with Gasteiger partial charge in [0.05, 0.1) is 0 Å². The number of halogens is 1. The van der Waals surface area contributed by atoms with Gasteiger partial charge in [0.2, 0.25) is 0 Å². The topological polar surface area (TPSA) is 32.3 Å². The Kier molecular flexibility index (Phi) is 4.06. The molecule has 2 nitrogen and oxygen atoms in total. The van der Waals surface area contributed by atoms with Crippen LogP contribution in [0.2, 0.25) is 0 Å². The third kappa shape index (κ3) is 2.29. The molecule has 2 aromatic rings. The fourth-order valence-corrected chi connectivity index (χ4v) is 5.14. The second-order valence-electron chi connectivity index (χ2n) is 7.25. The summed E-state index contributed by atoms with van der Waals surface area (Å²) in [5.74, 6) is 0.620. The summed E-state index contributed by atoms with van der Waals surface area (Å²) in [5, 5.41) is 15.7. The number of benzene rings is 2. The Morgan fingerprint density at radius 2 is 1.96 bits per heavy atom. The highest BCUT2D eigenvalue weighted by Gasteiger charge is 2.54. The molecule has 0 saturated carbocycles. The van der Waals surface area contributed by atoms with Crippen molar-refractivity contribution in [2.24, 2.45) is 5.92 Å². The van der Waals surface area contributed by atoms with Gasteiger partial charge in [-0.2, -0.15) is 0 Å². The van der Waals surface area contributed by atoms with Crippen LogP contribution in [-0.2, 0) is 5.60 Å². The lowest BCUT2D eigenvalue weighted by Gasteiger charge is -2.41. The number of rotatable bonds is 2. The molecule has 3 heteroatoms. The van der Waals surface area contributed by atoms with E-state index in [1.165, 1.54) is 11.1 Å². The smallest absolute Gasteiger partial charge is 0.118 e. The summed E-state index contributed by atoms with van der Waals surface area (Å²) in [4.78, 5) is 0. The Morgan fingerprint density at radius 3 is 2.67 bits per heavy atom. The Morgan fingerprint density at radius 1 is 1.21 bits per heavy atom. The van der Waals surface area contributed by atoms with Crippen molar-refractivity contribution in [1.29, 1.82) is 0 Å². The Bertz CT molecular complexity index is 757. The van der Waals surface area contributed by atoms with E-state index in [9.17, 15) is 5.11 Å². The summed E-state index contributed by atoms with van der Waals surface area (Å²) in [6.45, 7) is 5.33. The van der Waals surface area contributed by atoms with Crippen LogP contribution < -0.4 is 5.32 Å². The molecule has 1 saturated heterocycles. The normalized spacial score (nSPS) is 31.6. The molecule has 4 atom stereocenters. The minimum atomic E-state index is -0.887. The van der Waals surface area contributed by atoms with Crippen molar-refractivity contribution < 1.29 is 5.11 Å². The van der Waals surface area contributed by atoms with Gasteiger partial charge in [0, 0.05) is 22.4 Å². The lowest BCUT2D eigenvalue weighted by molar-refractivity contribution is 0.00167. The number of hydrogen-bond acceptors (Lipinski definition) is 2. The number of fused-ring (bicyclic) bond motifs is 3. The van der Waals surface area contributed by atoms with Crippen LogP contribution in [0.15, 0.2) is 46.9 Å². The van der Waals surface area contributed by atoms with E-state index in [4.69, 9.17) is 0 Å². The van der Waals surface area contributed by atoms with Gasteiger partial charge in [-0.15, -0.1) is 0 Å². The molecule has 0 amide bonds. The third-order valence-electron chi connectivity index (χ3n) is 5.97. The molecule has 0 radical (unpaired) electrons. The standard InChI is InChI=1S/C21H24BrNO/c1-3-19-20-16-9-4-13(2)12-18(16)21(24,17(20)10-11-23-19)14-5-7-15(22)8-6-14/h4-9,12,17,19-20,23-24H,3,10-11H2,1-2H3/t17?,19-,20?,21?/m1/s1. The predicted octanol–water partition coefficient (Wildman–Crippen LogP) is 4.48. The van der Waals surface area contributed by atoms with Gasteiger partial charge in [-0.25, -0.2) is 0 Å². The highest BCUT2D eigenvalue weighted by atomic mass is 79.9. The van der Waals surface area contributed by atoms with Crippen molar-refractivity contribution in [1.82, 2.24) is 5.32 Å². The fourth-order valence-electron chi connectivity index (χ4n) is 4.88. The molecule has 126 valence electrons. The number of hydrogen-bond donors (Lipinski definition) is 2. The molecule has 24 heavy (non-hydrogen) atoms. The van der Waals surface area contributed by atoms with E-state index in [2.05, 4.69) is 65.4 Å². The average Bonchev–Trinajstić information content (AvgIpc) is 2.85. The third-order valence-corrected chi connectivity index (χ3v) is 6.50. The van der Waals surface area contributed by atoms with E-state index in [0.29, 0.717) is 12.0 Å². The van der Waals surface area contributed by atoms with Gasteiger partial charge in [-0.3, -0.25) is 0 Å². The van der Waals surface area contributed by atoms with Crippen LogP contribution in [0.1, 0.15) is 47.9 Å². The molecule has 0 bridgehead atoms. The van der Waals surface area contributed by atoms with Gasteiger partial charge in [0.1, 0.15) is 5.60 Å². The first kappa shape index (κ1) is 16.3. The number of nitrogens with one attached hydrogen (secondary N) is 1. The van der Waals surface area contributed by atoms with Crippen molar-refractivity contribution in [3.63, 3.8) is 0 Å². The van der Waals surface area contributed by atoms with E-state index in [-0.39, 0.29) is 5.92 Å². The van der Waals surface area contributed by atoms with Crippen LogP contribution in [0.25, 0.3) is 0 Å². The zero-order chi connectivity index (χ0) is 16.9. The molecule has 2 N–H and O–H groups in total. The fraction of sp³-hybridized carbons (Fsp3) is 0.429. The summed E-state index contributed by atoms with van der Waals surface area (Å²) < 4.78 is 1.05. The van der Waals surface area contributed by atoms with Crippen molar-refractivity contribution in [2.45, 2.75) is 44.2 Å². The van der Waals surface area contributed by atoms with Gasteiger partial charge >= 0.3 is 0 Å². The van der Waals surface area contributed by atoms with Gasteiger partial charge in [0.25, 0.3) is 0 Å². The van der Waals surface area contributed by atoms with Crippen LogP contribution in [0, 0.1) is 12.8 Å². The first-order valence-corrected chi connectivity index (χ1v) is 9.67. The Balaban J connectivity index is 1.93. The highest BCUT2D eigenvalue weighted by Crippen LogP contribution is 2.56. The second kappa shape index (κ2) is 5.98. The monoisotopic (exact) mass is 385 g/mol. The molecule has 1 heterocycles. The van der Waals surface area contributed by atoms with Crippen LogP contribution in [0.4, 0.5) is 0 Å². The van der Waals surface area contributed by atoms with Crippen LogP contribution >= 0.6 is 15.9 Å². The first-order chi connectivity index (χ1) is 11.6. The Hall–Kier alpha value is -1.16. The van der Waals surface area contributed by atoms with Gasteiger partial charge in [-0.05, 0) is 55.1 Å². The molecule has 2 aromatic carbocycles. The first-order valence-electron chi connectivity index (χ1n) is 8.88.